The average molecular weight is 300 g/mol. The minimum absolute atomic E-state index is 0.186. The molecule has 114 valence electrons. The monoisotopic (exact) mass is 300 g/mol. The van der Waals surface area contributed by atoms with Crippen molar-refractivity contribution in [1.29, 1.82) is 0 Å². The van der Waals surface area contributed by atoms with Crippen LogP contribution in [0.2, 0.25) is 0 Å². The van der Waals surface area contributed by atoms with Gasteiger partial charge in [0.2, 0.25) is 5.88 Å². The van der Waals surface area contributed by atoms with Gasteiger partial charge in [-0.15, -0.1) is 0 Å². The molecule has 0 radical (unpaired) electrons. The number of alkyl halides is 3. The molecule has 2 aromatic heterocycles. The molecule has 0 spiro atoms. The van der Waals surface area contributed by atoms with E-state index < -0.39 is 11.9 Å². The van der Waals surface area contributed by atoms with Crippen LogP contribution < -0.4 is 10.1 Å². The van der Waals surface area contributed by atoms with Crippen LogP contribution in [-0.4, -0.2) is 34.3 Å². The second-order valence-corrected chi connectivity index (χ2v) is 5.11. The Balaban J connectivity index is 1.79. The van der Waals surface area contributed by atoms with Crippen LogP contribution in [0.5, 0.6) is 5.88 Å². The fraction of sp³-hybridized carbons (Fsp3) is 0.538. The molecule has 1 fully saturated rings. The van der Waals surface area contributed by atoms with Crippen molar-refractivity contribution < 1.29 is 17.9 Å². The maximum atomic E-state index is 12.7. The van der Waals surface area contributed by atoms with Crippen molar-refractivity contribution in [2.24, 2.45) is 5.92 Å². The Morgan fingerprint density at radius 2 is 2.29 bits per heavy atom. The smallest absolute Gasteiger partial charge is 0.435 e. The first-order chi connectivity index (χ1) is 10.0. The summed E-state index contributed by atoms with van der Waals surface area (Å²) in [5.41, 5.74) is -0.715. The predicted molar refractivity (Wildman–Crippen MR) is 69.1 cm³/mol. The van der Waals surface area contributed by atoms with Crippen LogP contribution in [0.3, 0.4) is 0 Å². The van der Waals surface area contributed by atoms with Gasteiger partial charge < -0.3 is 10.1 Å². The first kappa shape index (κ1) is 14.1. The second kappa shape index (κ2) is 5.51. The van der Waals surface area contributed by atoms with Gasteiger partial charge in [0, 0.05) is 30.9 Å². The molecule has 3 rings (SSSR count). The molecule has 1 saturated heterocycles. The molecule has 8 heteroatoms. The fourth-order valence-corrected chi connectivity index (χ4v) is 2.41. The molecular formula is C13H15F3N4O. The van der Waals surface area contributed by atoms with Crippen molar-refractivity contribution >= 4 is 5.52 Å². The molecule has 0 aromatic carbocycles. The summed E-state index contributed by atoms with van der Waals surface area (Å²) < 4.78 is 44.8. The lowest BCUT2D eigenvalue weighted by atomic mass is 10.0. The summed E-state index contributed by atoms with van der Waals surface area (Å²) >= 11 is 0. The van der Waals surface area contributed by atoms with E-state index in [0.29, 0.717) is 12.5 Å². The molecule has 1 aliphatic rings. The number of rotatable bonds is 3. The number of hydrogen-bond donors (Lipinski definition) is 1. The first-order valence-electron chi connectivity index (χ1n) is 6.79. The minimum atomic E-state index is -4.48. The molecule has 5 nitrogen and oxygen atoms in total. The van der Waals surface area contributed by atoms with Gasteiger partial charge in [-0.05, 0) is 19.4 Å². The first-order valence-corrected chi connectivity index (χ1v) is 6.79. The van der Waals surface area contributed by atoms with Gasteiger partial charge in [0.1, 0.15) is 5.52 Å². The lowest BCUT2D eigenvalue weighted by Crippen LogP contribution is -2.33. The molecule has 1 N–H and O–H groups in total. The number of fused-ring (bicyclic) bond motifs is 1. The number of aromatic nitrogens is 3. The summed E-state index contributed by atoms with van der Waals surface area (Å²) in [6, 6.07) is 0.960. The van der Waals surface area contributed by atoms with E-state index in [1.54, 1.807) is 0 Å². The number of halogens is 3. The highest BCUT2D eigenvalue weighted by Gasteiger charge is 2.34. The Bertz CT molecular complexity index is 619. The van der Waals surface area contributed by atoms with E-state index in [2.05, 4.69) is 15.4 Å². The van der Waals surface area contributed by atoms with Gasteiger partial charge in [-0.1, -0.05) is 0 Å². The lowest BCUT2D eigenvalue weighted by Gasteiger charge is -2.22. The molecule has 0 bridgehead atoms. The Labute approximate surface area is 119 Å². The largest absolute Gasteiger partial charge is 0.476 e. The molecule has 3 heterocycles. The standard InChI is InChI=1S/C13H15F3N4O/c14-13(15,16)11-6-10-12(18-4-5-20(10)19-11)21-8-9-2-1-3-17-7-9/h4-6,9,17H,1-3,7-8H2. The number of hydrogen-bond acceptors (Lipinski definition) is 4. The maximum absolute atomic E-state index is 12.7. The molecule has 1 aliphatic heterocycles. The highest BCUT2D eigenvalue weighted by molar-refractivity contribution is 5.56. The molecule has 0 aliphatic carbocycles. The van der Waals surface area contributed by atoms with Gasteiger partial charge in [-0.3, -0.25) is 0 Å². The number of nitrogens with one attached hydrogen (secondary N) is 1. The van der Waals surface area contributed by atoms with Crippen molar-refractivity contribution in [3.05, 3.63) is 24.2 Å². The molecule has 2 aromatic rings. The molecular weight excluding hydrogens is 285 g/mol. The average Bonchev–Trinajstić information content (AvgIpc) is 2.91. The van der Waals surface area contributed by atoms with Gasteiger partial charge in [-0.25, -0.2) is 9.50 Å². The molecule has 1 atom stereocenters. The molecule has 1 unspecified atom stereocenters. The zero-order valence-electron chi connectivity index (χ0n) is 11.2. The van der Waals surface area contributed by atoms with E-state index >= 15 is 0 Å². The Hall–Kier alpha value is -1.83. The summed E-state index contributed by atoms with van der Waals surface area (Å²) in [4.78, 5) is 4.02. The van der Waals surface area contributed by atoms with Crippen LogP contribution in [0, 0.1) is 5.92 Å². The van der Waals surface area contributed by atoms with Crippen molar-refractivity contribution in [3.8, 4) is 5.88 Å². The van der Waals surface area contributed by atoms with E-state index in [1.165, 1.54) is 12.4 Å². The van der Waals surface area contributed by atoms with Crippen LogP contribution in [0.15, 0.2) is 18.5 Å². The van der Waals surface area contributed by atoms with Gasteiger partial charge in [-0.2, -0.15) is 18.3 Å². The van der Waals surface area contributed by atoms with Gasteiger partial charge >= 0.3 is 6.18 Å². The summed E-state index contributed by atoms with van der Waals surface area (Å²) in [6.07, 6.45) is 0.407. The third-order valence-corrected chi connectivity index (χ3v) is 3.50. The van der Waals surface area contributed by atoms with Crippen molar-refractivity contribution in [2.75, 3.05) is 19.7 Å². The Morgan fingerprint density at radius 3 is 3.00 bits per heavy atom. The third-order valence-electron chi connectivity index (χ3n) is 3.50. The zero-order valence-corrected chi connectivity index (χ0v) is 11.2. The molecule has 0 amide bonds. The topological polar surface area (TPSA) is 51.5 Å². The number of nitrogens with zero attached hydrogens (tertiary/aromatic N) is 3. The van der Waals surface area contributed by atoms with Crippen LogP contribution >= 0.6 is 0 Å². The summed E-state index contributed by atoms with van der Waals surface area (Å²) in [7, 11) is 0. The van der Waals surface area contributed by atoms with E-state index in [-0.39, 0.29) is 11.4 Å². The fourth-order valence-electron chi connectivity index (χ4n) is 2.41. The van der Waals surface area contributed by atoms with Gasteiger partial charge in [0.05, 0.1) is 6.61 Å². The summed E-state index contributed by atoms with van der Waals surface area (Å²) in [6.45, 7) is 2.30. The normalized spacial score (nSPS) is 19.9. The maximum Gasteiger partial charge on any atom is 0.435 e. The van der Waals surface area contributed by atoms with Crippen LogP contribution in [0.25, 0.3) is 5.52 Å². The molecule has 0 saturated carbocycles. The highest BCUT2D eigenvalue weighted by atomic mass is 19.4. The van der Waals surface area contributed by atoms with E-state index in [4.69, 9.17) is 4.74 Å². The molecule has 21 heavy (non-hydrogen) atoms. The highest BCUT2D eigenvalue weighted by Crippen LogP contribution is 2.30. The SMILES string of the molecule is FC(F)(F)c1cc2c(OCC3CCCNC3)nccn2n1. The number of piperidine rings is 1. The quantitative estimate of drug-likeness (QED) is 0.943. The minimum Gasteiger partial charge on any atom is -0.476 e. The summed E-state index contributed by atoms with van der Waals surface area (Å²) in [5, 5.41) is 6.76. The lowest BCUT2D eigenvalue weighted by molar-refractivity contribution is -0.141. The zero-order chi connectivity index (χ0) is 14.9. The van der Waals surface area contributed by atoms with E-state index in [9.17, 15) is 13.2 Å². The Kier molecular flexibility index (Phi) is 3.71. The number of ether oxygens (including phenoxy) is 1. The van der Waals surface area contributed by atoms with Gasteiger partial charge in [0.15, 0.2) is 5.69 Å². The third kappa shape index (κ3) is 3.10. The van der Waals surface area contributed by atoms with Crippen molar-refractivity contribution in [3.63, 3.8) is 0 Å². The summed E-state index contributed by atoms with van der Waals surface area (Å²) in [5.74, 6) is 0.539. The van der Waals surface area contributed by atoms with Crippen LogP contribution in [0.4, 0.5) is 13.2 Å². The Morgan fingerprint density at radius 1 is 1.43 bits per heavy atom. The van der Waals surface area contributed by atoms with Crippen molar-refractivity contribution in [1.82, 2.24) is 19.9 Å². The van der Waals surface area contributed by atoms with E-state index in [0.717, 1.165) is 36.5 Å². The van der Waals surface area contributed by atoms with Crippen molar-refractivity contribution in [2.45, 2.75) is 19.0 Å². The van der Waals surface area contributed by atoms with Crippen LogP contribution in [-0.2, 0) is 6.18 Å². The predicted octanol–water partition coefficient (Wildman–Crippen LogP) is 2.13. The van der Waals surface area contributed by atoms with E-state index in [1.807, 2.05) is 0 Å². The second-order valence-electron chi connectivity index (χ2n) is 5.11. The van der Waals surface area contributed by atoms with Gasteiger partial charge in [0.25, 0.3) is 0 Å². The van der Waals surface area contributed by atoms with Crippen LogP contribution in [0.1, 0.15) is 18.5 Å².